The van der Waals surface area contributed by atoms with E-state index in [9.17, 15) is 4.79 Å². The zero-order valence-corrected chi connectivity index (χ0v) is 14.3. The minimum absolute atomic E-state index is 0.0775. The highest BCUT2D eigenvalue weighted by Crippen LogP contribution is 2.31. The van der Waals surface area contributed by atoms with E-state index >= 15 is 0 Å². The van der Waals surface area contributed by atoms with Crippen molar-refractivity contribution < 1.29 is 4.79 Å². The Morgan fingerprint density at radius 2 is 2.29 bits per heavy atom. The van der Waals surface area contributed by atoms with Crippen molar-refractivity contribution in [3.05, 3.63) is 29.2 Å². The van der Waals surface area contributed by atoms with Gasteiger partial charge in [-0.25, -0.2) is 9.97 Å². The minimum Gasteiger partial charge on any atom is -0.346 e. The number of aromatic nitrogens is 3. The second-order valence-electron chi connectivity index (χ2n) is 6.23. The maximum Gasteiger partial charge on any atom is 0.261 e. The van der Waals surface area contributed by atoms with E-state index in [0.717, 1.165) is 52.6 Å². The Hall–Kier alpha value is -2.06. The SMILES string of the molecule is Cc1c[nH]c2ncnc(N3C=C(C(=O)N4CC[C@@H](N)C4)SCC3)c12. The van der Waals surface area contributed by atoms with Gasteiger partial charge in [-0.3, -0.25) is 4.79 Å². The molecule has 1 atom stereocenters. The molecule has 3 N–H and O–H groups in total. The van der Waals surface area contributed by atoms with Crippen LogP contribution in [0.15, 0.2) is 23.6 Å². The highest BCUT2D eigenvalue weighted by atomic mass is 32.2. The second kappa shape index (κ2) is 6.10. The Morgan fingerprint density at radius 1 is 1.42 bits per heavy atom. The van der Waals surface area contributed by atoms with Gasteiger partial charge in [0.05, 0.1) is 10.3 Å². The van der Waals surface area contributed by atoms with Crippen LogP contribution in [-0.2, 0) is 4.79 Å². The number of aryl methyl sites for hydroxylation is 1. The van der Waals surface area contributed by atoms with Crippen molar-refractivity contribution >= 4 is 34.5 Å². The number of likely N-dealkylation sites (tertiary alicyclic amines) is 1. The van der Waals surface area contributed by atoms with Crippen molar-refractivity contribution in [1.29, 1.82) is 0 Å². The molecule has 1 fully saturated rings. The highest BCUT2D eigenvalue weighted by molar-refractivity contribution is 8.04. The molecular weight excluding hydrogens is 324 g/mol. The Morgan fingerprint density at radius 3 is 3.08 bits per heavy atom. The third-order valence-corrected chi connectivity index (χ3v) is 5.48. The van der Waals surface area contributed by atoms with Gasteiger partial charge in [-0.2, -0.15) is 0 Å². The first-order valence-corrected chi connectivity index (χ1v) is 9.07. The average Bonchev–Trinajstić information content (AvgIpc) is 3.21. The van der Waals surface area contributed by atoms with Gasteiger partial charge in [0.1, 0.15) is 17.8 Å². The summed E-state index contributed by atoms with van der Waals surface area (Å²) in [5.41, 5.74) is 7.85. The molecule has 0 unspecified atom stereocenters. The smallest absolute Gasteiger partial charge is 0.261 e. The maximum absolute atomic E-state index is 12.7. The molecule has 7 nitrogen and oxygen atoms in total. The van der Waals surface area contributed by atoms with Crippen LogP contribution in [0.5, 0.6) is 0 Å². The van der Waals surface area contributed by atoms with Gasteiger partial charge < -0.3 is 20.5 Å². The lowest BCUT2D eigenvalue weighted by atomic mass is 10.2. The number of amides is 1. The summed E-state index contributed by atoms with van der Waals surface area (Å²) in [6.45, 7) is 4.24. The molecule has 2 aromatic heterocycles. The summed E-state index contributed by atoms with van der Waals surface area (Å²) in [6, 6.07) is 0.100. The van der Waals surface area contributed by atoms with Crippen molar-refractivity contribution in [2.24, 2.45) is 5.73 Å². The van der Waals surface area contributed by atoms with Crippen LogP contribution in [0.3, 0.4) is 0 Å². The fourth-order valence-electron chi connectivity index (χ4n) is 3.22. The number of nitrogens with two attached hydrogens (primary N) is 1. The van der Waals surface area contributed by atoms with Crippen molar-refractivity contribution in [3.63, 3.8) is 0 Å². The Labute approximate surface area is 144 Å². The minimum atomic E-state index is 0.0775. The van der Waals surface area contributed by atoms with E-state index in [-0.39, 0.29) is 11.9 Å². The highest BCUT2D eigenvalue weighted by Gasteiger charge is 2.28. The zero-order valence-electron chi connectivity index (χ0n) is 13.5. The molecule has 24 heavy (non-hydrogen) atoms. The molecule has 0 bridgehead atoms. The van der Waals surface area contributed by atoms with Crippen LogP contribution in [-0.4, -0.2) is 57.2 Å². The molecule has 8 heteroatoms. The first kappa shape index (κ1) is 15.5. The van der Waals surface area contributed by atoms with Crippen LogP contribution < -0.4 is 10.6 Å². The second-order valence-corrected chi connectivity index (χ2v) is 7.36. The molecule has 0 saturated carbocycles. The van der Waals surface area contributed by atoms with Crippen LogP contribution in [0.2, 0.25) is 0 Å². The molecule has 2 aromatic rings. The Kier molecular flexibility index (Phi) is 3.93. The number of hydrogen-bond acceptors (Lipinski definition) is 6. The molecule has 0 radical (unpaired) electrons. The van der Waals surface area contributed by atoms with Crippen LogP contribution in [0.4, 0.5) is 5.82 Å². The van der Waals surface area contributed by atoms with Gasteiger partial charge in [0.15, 0.2) is 0 Å². The van der Waals surface area contributed by atoms with E-state index in [1.807, 2.05) is 24.2 Å². The number of H-pyrrole nitrogens is 1. The molecular formula is C16H20N6OS. The number of anilines is 1. The summed E-state index contributed by atoms with van der Waals surface area (Å²) in [7, 11) is 0. The third-order valence-electron chi connectivity index (χ3n) is 4.50. The summed E-state index contributed by atoms with van der Waals surface area (Å²) in [5, 5.41) is 1.01. The van der Waals surface area contributed by atoms with Crippen LogP contribution in [0, 0.1) is 6.92 Å². The van der Waals surface area contributed by atoms with Crippen molar-refractivity contribution in [2.75, 3.05) is 30.3 Å². The molecule has 1 amide bonds. The van der Waals surface area contributed by atoms with Gasteiger partial charge in [0, 0.05) is 43.8 Å². The average molecular weight is 344 g/mol. The van der Waals surface area contributed by atoms with E-state index in [4.69, 9.17) is 5.73 Å². The van der Waals surface area contributed by atoms with Gasteiger partial charge in [-0.05, 0) is 18.9 Å². The summed E-state index contributed by atoms with van der Waals surface area (Å²) >= 11 is 1.61. The Bertz CT molecular complexity index is 816. The predicted molar refractivity (Wildman–Crippen MR) is 95.7 cm³/mol. The number of nitrogens with zero attached hydrogens (tertiary/aromatic N) is 4. The lowest BCUT2D eigenvalue weighted by Gasteiger charge is -2.27. The number of hydrogen-bond donors (Lipinski definition) is 2. The predicted octanol–water partition coefficient (Wildman–Crippen LogP) is 1.22. The monoisotopic (exact) mass is 344 g/mol. The summed E-state index contributed by atoms with van der Waals surface area (Å²) in [5.74, 6) is 1.78. The number of rotatable bonds is 2. The van der Waals surface area contributed by atoms with Crippen LogP contribution in [0.25, 0.3) is 11.0 Å². The van der Waals surface area contributed by atoms with E-state index in [1.165, 1.54) is 0 Å². The molecule has 0 aromatic carbocycles. The first-order chi connectivity index (χ1) is 11.6. The topological polar surface area (TPSA) is 91.1 Å². The number of fused-ring (bicyclic) bond motifs is 1. The van der Waals surface area contributed by atoms with Gasteiger partial charge in [0.2, 0.25) is 0 Å². The quantitative estimate of drug-likeness (QED) is 0.851. The summed E-state index contributed by atoms with van der Waals surface area (Å²) < 4.78 is 0. The van der Waals surface area contributed by atoms with E-state index in [0.29, 0.717) is 6.54 Å². The Balaban J connectivity index is 1.66. The molecule has 0 aliphatic carbocycles. The number of carbonyl (C=O) groups is 1. The largest absolute Gasteiger partial charge is 0.346 e. The normalized spacial score (nSPS) is 21.4. The number of nitrogens with one attached hydrogen (secondary N) is 1. The van der Waals surface area contributed by atoms with Gasteiger partial charge in [0.25, 0.3) is 5.91 Å². The molecule has 2 aliphatic heterocycles. The fourth-order valence-corrected chi connectivity index (χ4v) is 4.19. The summed E-state index contributed by atoms with van der Waals surface area (Å²) in [4.78, 5) is 29.3. The lowest BCUT2D eigenvalue weighted by Crippen LogP contribution is -2.35. The molecule has 126 valence electrons. The fraction of sp³-hybridized carbons (Fsp3) is 0.438. The van der Waals surface area contributed by atoms with Gasteiger partial charge >= 0.3 is 0 Å². The van der Waals surface area contributed by atoms with Crippen molar-refractivity contribution in [1.82, 2.24) is 19.9 Å². The number of aromatic amines is 1. The van der Waals surface area contributed by atoms with E-state index in [2.05, 4.69) is 19.9 Å². The lowest BCUT2D eigenvalue weighted by molar-refractivity contribution is -0.125. The van der Waals surface area contributed by atoms with Gasteiger partial charge in [-0.15, -0.1) is 11.8 Å². The number of carbonyl (C=O) groups excluding carboxylic acids is 1. The van der Waals surface area contributed by atoms with Crippen molar-refractivity contribution in [2.45, 2.75) is 19.4 Å². The maximum atomic E-state index is 12.7. The van der Waals surface area contributed by atoms with Crippen molar-refractivity contribution in [3.8, 4) is 0 Å². The first-order valence-electron chi connectivity index (χ1n) is 8.08. The van der Waals surface area contributed by atoms with Crippen LogP contribution in [0.1, 0.15) is 12.0 Å². The van der Waals surface area contributed by atoms with Crippen LogP contribution >= 0.6 is 11.8 Å². The van der Waals surface area contributed by atoms with E-state index < -0.39 is 0 Å². The number of thioether (sulfide) groups is 1. The molecule has 4 heterocycles. The third kappa shape index (κ3) is 2.65. The molecule has 1 saturated heterocycles. The molecule has 0 spiro atoms. The van der Waals surface area contributed by atoms with E-state index in [1.54, 1.807) is 18.1 Å². The van der Waals surface area contributed by atoms with Gasteiger partial charge in [-0.1, -0.05) is 0 Å². The molecule has 4 rings (SSSR count). The zero-order chi connectivity index (χ0) is 16.7. The standard InChI is InChI=1S/C16H20N6OS/c1-10-6-18-14-13(10)15(20-9-19-14)21-4-5-24-12(8-21)16(23)22-3-2-11(17)7-22/h6,8-9,11H,2-5,7,17H2,1H3,(H,18,19,20)/t11-/m1/s1. The summed E-state index contributed by atoms with van der Waals surface area (Å²) in [6.07, 6.45) is 6.30. The molecule has 2 aliphatic rings.